The Morgan fingerprint density at radius 1 is 1.00 bits per heavy atom. The van der Waals surface area contributed by atoms with E-state index in [1.807, 2.05) is 23.1 Å². The number of rotatable bonds is 5. The fourth-order valence-corrected chi connectivity index (χ4v) is 5.40. The predicted molar refractivity (Wildman–Crippen MR) is 131 cm³/mol. The Labute approximate surface area is 192 Å². The highest BCUT2D eigenvalue weighted by Crippen LogP contribution is 2.30. The Bertz CT molecular complexity index is 1250. The number of thiophene rings is 1. The van der Waals surface area contributed by atoms with Crippen molar-refractivity contribution in [3.63, 3.8) is 0 Å². The molecule has 1 fully saturated rings. The fourth-order valence-electron chi connectivity index (χ4n) is 4.51. The van der Waals surface area contributed by atoms with Gasteiger partial charge in [0.25, 0.3) is 5.91 Å². The summed E-state index contributed by atoms with van der Waals surface area (Å²) in [5, 5.41) is 3.23. The molecule has 5 nitrogen and oxygen atoms in total. The van der Waals surface area contributed by atoms with E-state index >= 15 is 0 Å². The molecule has 0 saturated carbocycles. The molecule has 2 aromatic heterocycles. The lowest BCUT2D eigenvalue weighted by atomic mass is 10.1. The average Bonchev–Trinajstić information content (AvgIpc) is 3.41. The van der Waals surface area contributed by atoms with Crippen LogP contribution in [0.4, 0.5) is 5.69 Å². The smallest absolute Gasteiger partial charge is 0.270 e. The number of carbonyl (C=O) groups is 1. The molecule has 0 spiro atoms. The molecule has 0 radical (unpaired) electrons. The van der Waals surface area contributed by atoms with E-state index in [1.54, 1.807) is 18.4 Å². The van der Waals surface area contributed by atoms with Crippen molar-refractivity contribution in [2.45, 2.75) is 13.5 Å². The summed E-state index contributed by atoms with van der Waals surface area (Å²) in [6, 6.07) is 20.7. The zero-order valence-electron chi connectivity index (χ0n) is 18.5. The second-order valence-electron chi connectivity index (χ2n) is 8.24. The molecule has 6 heteroatoms. The first-order chi connectivity index (χ1) is 15.6. The summed E-state index contributed by atoms with van der Waals surface area (Å²) in [6.07, 6.45) is 0. The number of hydrogen-bond acceptors (Lipinski definition) is 4. The SMILES string of the molecule is COc1ccccc1N1CCN(C(=O)c2cc3ccsc3n2Cc2cccc(C)c2)CC1. The summed E-state index contributed by atoms with van der Waals surface area (Å²) in [7, 11) is 1.70. The lowest BCUT2D eigenvalue weighted by Gasteiger charge is -2.36. The van der Waals surface area contributed by atoms with Crippen molar-refractivity contribution in [1.82, 2.24) is 9.47 Å². The number of benzene rings is 2. The molecule has 5 rings (SSSR count). The fraction of sp³-hybridized carbons (Fsp3) is 0.269. The van der Waals surface area contributed by atoms with Crippen LogP contribution < -0.4 is 9.64 Å². The van der Waals surface area contributed by atoms with Gasteiger partial charge < -0.3 is 19.1 Å². The molecule has 1 amide bonds. The van der Waals surface area contributed by atoms with Crippen molar-refractivity contribution in [3.05, 3.63) is 82.9 Å². The number of ether oxygens (including phenoxy) is 1. The molecular formula is C26H27N3O2S. The third-order valence-electron chi connectivity index (χ3n) is 6.14. The normalized spacial score (nSPS) is 14.2. The molecule has 164 valence electrons. The van der Waals surface area contributed by atoms with Crippen molar-refractivity contribution in [3.8, 4) is 5.75 Å². The van der Waals surface area contributed by atoms with E-state index in [4.69, 9.17) is 4.74 Å². The van der Waals surface area contributed by atoms with E-state index in [-0.39, 0.29) is 5.91 Å². The standard InChI is InChI=1S/C26H27N3O2S/c1-19-6-5-7-20(16-19)18-29-23(17-21-10-15-32-26(21)29)25(30)28-13-11-27(12-14-28)22-8-3-4-9-24(22)31-2/h3-10,15-17H,11-14,18H2,1-2H3. The number of piperazine rings is 1. The van der Waals surface area contributed by atoms with Gasteiger partial charge in [0.1, 0.15) is 16.3 Å². The van der Waals surface area contributed by atoms with Crippen LogP contribution >= 0.6 is 11.3 Å². The van der Waals surface area contributed by atoms with Crippen molar-refractivity contribution >= 4 is 33.1 Å². The largest absolute Gasteiger partial charge is 0.495 e. The van der Waals surface area contributed by atoms with Crippen molar-refractivity contribution in [2.24, 2.45) is 0 Å². The van der Waals surface area contributed by atoms with Crippen LogP contribution in [-0.2, 0) is 6.54 Å². The molecule has 4 aromatic rings. The third-order valence-corrected chi connectivity index (χ3v) is 7.09. The van der Waals surface area contributed by atoms with Gasteiger partial charge in [0.05, 0.1) is 12.8 Å². The highest BCUT2D eigenvalue weighted by molar-refractivity contribution is 7.16. The van der Waals surface area contributed by atoms with Crippen LogP contribution in [0.3, 0.4) is 0 Å². The minimum atomic E-state index is 0.112. The number of fused-ring (bicyclic) bond motifs is 1. The third kappa shape index (κ3) is 3.86. The van der Waals surface area contributed by atoms with Crippen LogP contribution in [0.15, 0.2) is 66.0 Å². The maximum absolute atomic E-state index is 13.6. The van der Waals surface area contributed by atoms with Crippen LogP contribution in [0.25, 0.3) is 10.2 Å². The summed E-state index contributed by atoms with van der Waals surface area (Å²) in [5.74, 6) is 0.986. The molecule has 3 heterocycles. The number of aryl methyl sites for hydroxylation is 1. The Kier molecular flexibility index (Phi) is 5.62. The van der Waals surface area contributed by atoms with Crippen LogP contribution in [0, 0.1) is 6.92 Å². The van der Waals surface area contributed by atoms with Gasteiger partial charge in [0.2, 0.25) is 0 Å². The van der Waals surface area contributed by atoms with E-state index in [2.05, 4.69) is 64.2 Å². The second-order valence-corrected chi connectivity index (χ2v) is 9.13. The number of anilines is 1. The monoisotopic (exact) mass is 445 g/mol. The molecule has 0 unspecified atom stereocenters. The lowest BCUT2D eigenvalue weighted by Crippen LogP contribution is -2.49. The van der Waals surface area contributed by atoms with Crippen molar-refractivity contribution in [1.29, 1.82) is 0 Å². The van der Waals surface area contributed by atoms with Gasteiger partial charge in [-0.1, -0.05) is 42.0 Å². The van der Waals surface area contributed by atoms with Gasteiger partial charge in [-0.25, -0.2) is 0 Å². The maximum atomic E-state index is 13.6. The van der Waals surface area contributed by atoms with Gasteiger partial charge in [0, 0.05) is 38.1 Å². The number of hydrogen-bond donors (Lipinski definition) is 0. The van der Waals surface area contributed by atoms with Crippen LogP contribution in [0.5, 0.6) is 5.75 Å². The molecule has 0 atom stereocenters. The molecular weight excluding hydrogens is 418 g/mol. The molecule has 1 aliphatic rings. The molecule has 2 aromatic carbocycles. The molecule has 1 aliphatic heterocycles. The first-order valence-corrected chi connectivity index (χ1v) is 11.8. The first kappa shape index (κ1) is 20.6. The van der Waals surface area contributed by atoms with Gasteiger partial charge in [-0.2, -0.15) is 0 Å². The maximum Gasteiger partial charge on any atom is 0.270 e. The average molecular weight is 446 g/mol. The van der Waals surface area contributed by atoms with E-state index in [1.165, 1.54) is 11.1 Å². The van der Waals surface area contributed by atoms with Crippen LogP contribution in [-0.4, -0.2) is 48.7 Å². The topological polar surface area (TPSA) is 37.7 Å². The molecule has 0 bridgehead atoms. The van der Waals surface area contributed by atoms with E-state index < -0.39 is 0 Å². The lowest BCUT2D eigenvalue weighted by molar-refractivity contribution is 0.0737. The summed E-state index contributed by atoms with van der Waals surface area (Å²) in [6.45, 7) is 5.78. The highest BCUT2D eigenvalue weighted by Gasteiger charge is 2.26. The summed E-state index contributed by atoms with van der Waals surface area (Å²) in [5.41, 5.74) is 4.31. The van der Waals surface area contributed by atoms with E-state index in [9.17, 15) is 4.79 Å². The zero-order chi connectivity index (χ0) is 22.1. The quantitative estimate of drug-likeness (QED) is 0.432. The van der Waals surface area contributed by atoms with Crippen molar-refractivity contribution in [2.75, 3.05) is 38.2 Å². The molecule has 0 N–H and O–H groups in total. The van der Waals surface area contributed by atoms with Crippen LogP contribution in [0.2, 0.25) is 0 Å². The first-order valence-electron chi connectivity index (χ1n) is 10.9. The number of nitrogens with zero attached hydrogens (tertiary/aromatic N) is 3. The summed E-state index contributed by atoms with van der Waals surface area (Å²) >= 11 is 1.69. The Morgan fingerprint density at radius 3 is 2.59 bits per heavy atom. The van der Waals surface area contributed by atoms with Crippen LogP contribution in [0.1, 0.15) is 21.6 Å². The zero-order valence-corrected chi connectivity index (χ0v) is 19.3. The number of aromatic nitrogens is 1. The Balaban J connectivity index is 1.37. The van der Waals surface area contributed by atoms with Gasteiger partial charge in [-0.3, -0.25) is 4.79 Å². The molecule has 1 saturated heterocycles. The molecule has 32 heavy (non-hydrogen) atoms. The van der Waals surface area contributed by atoms with E-state index in [0.29, 0.717) is 19.6 Å². The summed E-state index contributed by atoms with van der Waals surface area (Å²) < 4.78 is 7.71. The highest BCUT2D eigenvalue weighted by atomic mass is 32.1. The summed E-state index contributed by atoms with van der Waals surface area (Å²) in [4.78, 5) is 19.0. The van der Waals surface area contributed by atoms with Gasteiger partial charge in [-0.15, -0.1) is 11.3 Å². The number of amides is 1. The number of carbonyl (C=O) groups excluding carboxylic acids is 1. The number of methoxy groups -OCH3 is 1. The predicted octanol–water partition coefficient (Wildman–Crippen LogP) is 5.03. The minimum Gasteiger partial charge on any atom is -0.495 e. The Hall–Kier alpha value is -3.25. The van der Waals surface area contributed by atoms with Gasteiger partial charge in [0.15, 0.2) is 0 Å². The van der Waals surface area contributed by atoms with Gasteiger partial charge in [-0.05, 0) is 42.1 Å². The van der Waals surface area contributed by atoms with E-state index in [0.717, 1.165) is 40.4 Å². The number of para-hydroxylation sites is 2. The molecule has 0 aliphatic carbocycles. The minimum absolute atomic E-state index is 0.112. The Morgan fingerprint density at radius 2 is 1.81 bits per heavy atom. The van der Waals surface area contributed by atoms with Gasteiger partial charge >= 0.3 is 0 Å². The van der Waals surface area contributed by atoms with Crippen molar-refractivity contribution < 1.29 is 9.53 Å². The second kappa shape index (κ2) is 8.71.